The fourth-order valence-corrected chi connectivity index (χ4v) is 1.92. The molecule has 98 valence electrons. The number of nitrogen functional groups attached to an aromatic ring is 1. The van der Waals surface area contributed by atoms with Crippen molar-refractivity contribution in [3.63, 3.8) is 0 Å². The number of para-hydroxylation sites is 2. The number of benzene rings is 2. The van der Waals surface area contributed by atoms with Crippen molar-refractivity contribution in [2.75, 3.05) is 18.2 Å². The molecule has 0 saturated heterocycles. The molecule has 0 saturated carbocycles. The van der Waals surface area contributed by atoms with E-state index in [9.17, 15) is 4.79 Å². The Hall–Kier alpha value is -2.49. The number of nitrogens with one attached hydrogen (secondary N) is 1. The molecule has 0 aromatic heterocycles. The lowest BCUT2D eigenvalue weighted by atomic mass is 10.1. The number of ether oxygens (including phenoxy) is 1. The van der Waals surface area contributed by atoms with Gasteiger partial charge in [0, 0.05) is 5.69 Å². The summed E-state index contributed by atoms with van der Waals surface area (Å²) >= 11 is 0. The third-order valence-electron chi connectivity index (χ3n) is 2.87. The summed E-state index contributed by atoms with van der Waals surface area (Å²) in [6.07, 6.45) is 0. The number of hydrogen-bond donors (Lipinski definition) is 2. The predicted octanol–water partition coefficient (Wildman–Crippen LogP) is 2.84. The number of carbonyl (C=O) groups excluding carboxylic acids is 1. The number of rotatable bonds is 3. The van der Waals surface area contributed by atoms with Crippen LogP contribution in [-0.4, -0.2) is 13.0 Å². The van der Waals surface area contributed by atoms with Gasteiger partial charge < -0.3 is 15.8 Å². The van der Waals surface area contributed by atoms with Crippen LogP contribution in [0.4, 0.5) is 11.4 Å². The fraction of sp³-hybridized carbons (Fsp3) is 0.133. The summed E-state index contributed by atoms with van der Waals surface area (Å²) < 4.78 is 5.30. The minimum Gasteiger partial charge on any atom is -0.494 e. The van der Waals surface area contributed by atoms with Crippen molar-refractivity contribution in [2.45, 2.75) is 6.92 Å². The Morgan fingerprint density at radius 1 is 1.16 bits per heavy atom. The van der Waals surface area contributed by atoms with Gasteiger partial charge in [-0.05, 0) is 30.7 Å². The highest BCUT2D eigenvalue weighted by Gasteiger charge is 2.12. The molecule has 0 spiro atoms. The average molecular weight is 256 g/mol. The van der Waals surface area contributed by atoms with Gasteiger partial charge in [-0.25, -0.2) is 0 Å². The normalized spacial score (nSPS) is 10.0. The lowest BCUT2D eigenvalue weighted by molar-refractivity contribution is 0.102. The molecule has 0 fully saturated rings. The highest BCUT2D eigenvalue weighted by atomic mass is 16.5. The number of methoxy groups -OCH3 is 1. The first-order valence-corrected chi connectivity index (χ1v) is 5.93. The predicted molar refractivity (Wildman–Crippen MR) is 76.5 cm³/mol. The number of carbonyl (C=O) groups is 1. The van der Waals surface area contributed by atoms with E-state index in [-0.39, 0.29) is 5.91 Å². The van der Waals surface area contributed by atoms with E-state index in [2.05, 4.69) is 5.32 Å². The van der Waals surface area contributed by atoms with Crippen LogP contribution in [0.25, 0.3) is 0 Å². The molecule has 0 bridgehead atoms. The van der Waals surface area contributed by atoms with Gasteiger partial charge in [0.15, 0.2) is 0 Å². The maximum atomic E-state index is 12.2. The van der Waals surface area contributed by atoms with Crippen molar-refractivity contribution < 1.29 is 9.53 Å². The monoisotopic (exact) mass is 256 g/mol. The summed E-state index contributed by atoms with van der Waals surface area (Å²) in [6, 6.07) is 12.5. The number of hydrogen-bond acceptors (Lipinski definition) is 3. The van der Waals surface area contributed by atoms with E-state index in [1.165, 1.54) is 0 Å². The zero-order valence-electron chi connectivity index (χ0n) is 10.9. The second kappa shape index (κ2) is 5.44. The summed E-state index contributed by atoms with van der Waals surface area (Å²) in [5.74, 6) is 0.410. The van der Waals surface area contributed by atoms with Crippen molar-refractivity contribution in [3.8, 4) is 5.75 Å². The van der Waals surface area contributed by atoms with Crippen LogP contribution in [0.5, 0.6) is 5.75 Å². The minimum absolute atomic E-state index is 0.248. The van der Waals surface area contributed by atoms with Crippen LogP contribution in [0.2, 0.25) is 0 Å². The van der Waals surface area contributed by atoms with Crippen molar-refractivity contribution in [1.82, 2.24) is 0 Å². The van der Waals surface area contributed by atoms with Gasteiger partial charge in [-0.2, -0.15) is 0 Å². The standard InChI is InChI=1S/C15H16N2O2/c1-10-6-5-9-13(14(10)19-2)17-15(18)11-7-3-4-8-12(11)16/h3-9H,16H2,1-2H3,(H,17,18). The molecule has 4 heteroatoms. The molecule has 4 nitrogen and oxygen atoms in total. The smallest absolute Gasteiger partial charge is 0.257 e. The van der Waals surface area contributed by atoms with Crippen molar-refractivity contribution in [3.05, 3.63) is 53.6 Å². The Balaban J connectivity index is 2.30. The summed E-state index contributed by atoms with van der Waals surface area (Å²) in [7, 11) is 1.58. The van der Waals surface area contributed by atoms with Crippen LogP contribution in [0.1, 0.15) is 15.9 Å². The summed E-state index contributed by atoms with van der Waals surface area (Å²) in [5, 5.41) is 2.82. The summed E-state index contributed by atoms with van der Waals surface area (Å²) in [4.78, 5) is 12.2. The van der Waals surface area contributed by atoms with Gasteiger partial charge in [0.25, 0.3) is 5.91 Å². The van der Waals surface area contributed by atoms with Gasteiger partial charge in [-0.3, -0.25) is 4.79 Å². The van der Waals surface area contributed by atoms with Crippen LogP contribution >= 0.6 is 0 Å². The van der Waals surface area contributed by atoms with E-state index in [4.69, 9.17) is 10.5 Å². The maximum Gasteiger partial charge on any atom is 0.257 e. The number of amides is 1. The molecule has 0 unspecified atom stereocenters. The first kappa shape index (κ1) is 13.0. The topological polar surface area (TPSA) is 64.3 Å². The van der Waals surface area contributed by atoms with Crippen LogP contribution in [-0.2, 0) is 0 Å². The van der Waals surface area contributed by atoms with Crippen LogP contribution < -0.4 is 15.8 Å². The Kier molecular flexibility index (Phi) is 3.71. The first-order valence-electron chi connectivity index (χ1n) is 5.93. The van der Waals surface area contributed by atoms with Gasteiger partial charge >= 0.3 is 0 Å². The van der Waals surface area contributed by atoms with E-state index in [0.717, 1.165) is 5.56 Å². The molecule has 2 aromatic carbocycles. The Morgan fingerprint density at radius 2 is 1.89 bits per heavy atom. The molecule has 0 aliphatic carbocycles. The fourth-order valence-electron chi connectivity index (χ4n) is 1.92. The second-order valence-corrected chi connectivity index (χ2v) is 4.20. The lowest BCUT2D eigenvalue weighted by Crippen LogP contribution is -2.14. The minimum atomic E-state index is -0.248. The molecule has 1 amide bonds. The molecular formula is C15H16N2O2. The largest absolute Gasteiger partial charge is 0.494 e. The Morgan fingerprint density at radius 3 is 2.58 bits per heavy atom. The van der Waals surface area contributed by atoms with Crippen molar-refractivity contribution in [1.29, 1.82) is 0 Å². The zero-order chi connectivity index (χ0) is 13.8. The van der Waals surface area contributed by atoms with E-state index >= 15 is 0 Å². The van der Waals surface area contributed by atoms with E-state index in [1.54, 1.807) is 37.4 Å². The van der Waals surface area contributed by atoms with Crippen LogP contribution in [0.15, 0.2) is 42.5 Å². The van der Waals surface area contributed by atoms with E-state index in [1.807, 2.05) is 19.1 Å². The number of nitrogens with two attached hydrogens (primary N) is 1. The molecule has 19 heavy (non-hydrogen) atoms. The van der Waals surface area contributed by atoms with E-state index < -0.39 is 0 Å². The van der Waals surface area contributed by atoms with Gasteiger partial charge in [0.1, 0.15) is 5.75 Å². The zero-order valence-corrected chi connectivity index (χ0v) is 10.9. The molecule has 0 aliphatic rings. The summed E-state index contributed by atoms with van der Waals surface area (Å²) in [5.41, 5.74) is 8.28. The lowest BCUT2D eigenvalue weighted by Gasteiger charge is -2.13. The number of aryl methyl sites for hydroxylation is 1. The second-order valence-electron chi connectivity index (χ2n) is 4.20. The van der Waals surface area contributed by atoms with Gasteiger partial charge in [-0.1, -0.05) is 24.3 Å². The molecule has 2 rings (SSSR count). The Labute approximate surface area is 112 Å². The molecular weight excluding hydrogens is 240 g/mol. The summed E-state index contributed by atoms with van der Waals surface area (Å²) in [6.45, 7) is 1.92. The van der Waals surface area contributed by atoms with Crippen molar-refractivity contribution in [2.24, 2.45) is 0 Å². The average Bonchev–Trinajstić information content (AvgIpc) is 2.39. The third-order valence-corrected chi connectivity index (χ3v) is 2.87. The molecule has 0 atom stereocenters. The van der Waals surface area contributed by atoms with Crippen molar-refractivity contribution >= 4 is 17.3 Å². The van der Waals surface area contributed by atoms with E-state index in [0.29, 0.717) is 22.7 Å². The Bertz CT molecular complexity index is 609. The highest BCUT2D eigenvalue weighted by Crippen LogP contribution is 2.28. The quantitative estimate of drug-likeness (QED) is 0.830. The SMILES string of the molecule is COc1c(C)cccc1NC(=O)c1ccccc1N. The first-order chi connectivity index (χ1) is 9.13. The molecule has 2 aromatic rings. The van der Waals surface area contributed by atoms with Crippen LogP contribution in [0.3, 0.4) is 0 Å². The molecule has 0 radical (unpaired) electrons. The third kappa shape index (κ3) is 2.68. The van der Waals surface area contributed by atoms with Crippen LogP contribution in [0, 0.1) is 6.92 Å². The van der Waals surface area contributed by atoms with Gasteiger partial charge in [0.2, 0.25) is 0 Å². The molecule has 0 aliphatic heterocycles. The molecule has 0 heterocycles. The van der Waals surface area contributed by atoms with Gasteiger partial charge in [-0.15, -0.1) is 0 Å². The highest BCUT2D eigenvalue weighted by molar-refractivity contribution is 6.08. The number of anilines is 2. The van der Waals surface area contributed by atoms with Gasteiger partial charge in [0.05, 0.1) is 18.4 Å². The molecule has 3 N–H and O–H groups in total. The maximum absolute atomic E-state index is 12.2.